The Labute approximate surface area is 193 Å². The van der Waals surface area contributed by atoms with Crippen LogP contribution in [0.15, 0.2) is 71.8 Å². The highest BCUT2D eigenvalue weighted by Gasteiger charge is 2.28. The number of morpholine rings is 1. The second kappa shape index (κ2) is 10.2. The van der Waals surface area contributed by atoms with Crippen molar-refractivity contribution in [2.75, 3.05) is 32.9 Å². The van der Waals surface area contributed by atoms with E-state index in [1.807, 2.05) is 61.5 Å². The summed E-state index contributed by atoms with van der Waals surface area (Å²) in [5.41, 5.74) is 1.96. The summed E-state index contributed by atoms with van der Waals surface area (Å²) in [6.07, 6.45) is 1.36. The van der Waals surface area contributed by atoms with Gasteiger partial charge in [-0.1, -0.05) is 42.5 Å². The number of rotatable bonds is 8. The maximum absolute atomic E-state index is 13.1. The number of H-pyrrole nitrogens is 1. The Balaban J connectivity index is 1.56. The summed E-state index contributed by atoms with van der Waals surface area (Å²) >= 11 is 0. The Hall–Kier alpha value is -3.14. The van der Waals surface area contributed by atoms with E-state index in [1.165, 1.54) is 16.6 Å². The maximum Gasteiger partial charge on any atom is 0.268 e. The van der Waals surface area contributed by atoms with Gasteiger partial charge in [0, 0.05) is 19.3 Å². The number of nitrogens with one attached hydrogen (secondary N) is 2. The van der Waals surface area contributed by atoms with E-state index < -0.39 is 22.0 Å². The Morgan fingerprint density at radius 3 is 2.42 bits per heavy atom. The van der Waals surface area contributed by atoms with Gasteiger partial charge in [-0.05, 0) is 36.2 Å². The number of amides is 1. The van der Waals surface area contributed by atoms with Gasteiger partial charge in [0.05, 0.1) is 25.9 Å². The third kappa shape index (κ3) is 5.27. The lowest BCUT2D eigenvalue weighted by Gasteiger charge is -2.25. The first-order valence-corrected chi connectivity index (χ1v) is 12.3. The normalized spacial score (nSPS) is 15.7. The van der Waals surface area contributed by atoms with Crippen LogP contribution in [0, 0.1) is 0 Å². The van der Waals surface area contributed by atoms with Crippen LogP contribution in [0.2, 0.25) is 0 Å². The molecule has 1 aliphatic rings. The molecule has 33 heavy (non-hydrogen) atoms. The first-order valence-electron chi connectivity index (χ1n) is 10.8. The molecule has 2 N–H and O–H groups in total. The van der Waals surface area contributed by atoms with E-state index in [9.17, 15) is 13.2 Å². The first kappa shape index (κ1) is 23.0. The average molecular weight is 470 g/mol. The van der Waals surface area contributed by atoms with Crippen LogP contribution < -0.4 is 10.1 Å². The SMILES string of the molecule is CCOc1ccc(C(NC(=O)c2cc(S(=O)(=O)N3CCOCC3)c[nH]2)c2ccccc2)cc1. The number of carbonyl (C=O) groups is 1. The Bertz CT molecular complexity index is 1170. The number of benzene rings is 2. The molecular weight excluding hydrogens is 442 g/mol. The van der Waals surface area contributed by atoms with Crippen LogP contribution in [0.4, 0.5) is 0 Å². The molecular formula is C24H27N3O5S. The van der Waals surface area contributed by atoms with Crippen molar-refractivity contribution in [3.8, 4) is 5.75 Å². The van der Waals surface area contributed by atoms with Crippen molar-refractivity contribution < 1.29 is 22.7 Å². The van der Waals surface area contributed by atoms with Crippen LogP contribution in [0.5, 0.6) is 5.75 Å². The molecule has 9 heteroatoms. The minimum absolute atomic E-state index is 0.0619. The van der Waals surface area contributed by atoms with Crippen molar-refractivity contribution in [2.24, 2.45) is 0 Å². The molecule has 3 aromatic rings. The van der Waals surface area contributed by atoms with Crippen molar-refractivity contribution in [3.05, 3.63) is 83.7 Å². The molecule has 1 unspecified atom stereocenters. The van der Waals surface area contributed by atoms with E-state index in [0.29, 0.717) is 32.9 Å². The van der Waals surface area contributed by atoms with E-state index in [-0.39, 0.29) is 10.6 Å². The highest BCUT2D eigenvalue weighted by molar-refractivity contribution is 7.89. The third-order valence-corrected chi connectivity index (χ3v) is 7.32. The van der Waals surface area contributed by atoms with Crippen LogP contribution in [0.25, 0.3) is 0 Å². The fourth-order valence-corrected chi connectivity index (χ4v) is 5.13. The monoisotopic (exact) mass is 469 g/mol. The molecule has 0 radical (unpaired) electrons. The molecule has 0 aliphatic carbocycles. The van der Waals surface area contributed by atoms with E-state index in [1.54, 1.807) is 0 Å². The number of nitrogens with zero attached hydrogens (tertiary/aromatic N) is 1. The topological polar surface area (TPSA) is 101 Å². The molecule has 174 valence electrons. The summed E-state index contributed by atoms with van der Waals surface area (Å²) in [6.45, 7) is 3.80. The zero-order valence-electron chi connectivity index (χ0n) is 18.4. The van der Waals surface area contributed by atoms with Crippen LogP contribution in [-0.4, -0.2) is 56.5 Å². The van der Waals surface area contributed by atoms with Gasteiger partial charge in [0.25, 0.3) is 5.91 Å². The smallest absolute Gasteiger partial charge is 0.268 e. The number of hydrogen-bond donors (Lipinski definition) is 2. The molecule has 1 aliphatic heterocycles. The molecule has 1 aromatic heterocycles. The Morgan fingerprint density at radius 2 is 1.76 bits per heavy atom. The second-order valence-electron chi connectivity index (χ2n) is 7.58. The summed E-state index contributed by atoms with van der Waals surface area (Å²) < 4.78 is 37.9. The zero-order chi connectivity index (χ0) is 23.3. The van der Waals surface area contributed by atoms with Crippen molar-refractivity contribution in [1.82, 2.24) is 14.6 Å². The lowest BCUT2D eigenvalue weighted by atomic mass is 9.98. The molecule has 1 atom stereocenters. The van der Waals surface area contributed by atoms with Gasteiger partial charge >= 0.3 is 0 Å². The highest BCUT2D eigenvalue weighted by atomic mass is 32.2. The molecule has 1 saturated heterocycles. The minimum Gasteiger partial charge on any atom is -0.494 e. The lowest BCUT2D eigenvalue weighted by Crippen LogP contribution is -2.40. The molecule has 2 heterocycles. The third-order valence-electron chi connectivity index (χ3n) is 5.44. The minimum atomic E-state index is -3.69. The van der Waals surface area contributed by atoms with Crippen LogP contribution in [0.3, 0.4) is 0 Å². The summed E-state index contributed by atoms with van der Waals surface area (Å²) in [5, 5.41) is 3.02. The standard InChI is InChI=1S/C24H27N3O5S/c1-2-32-20-10-8-19(9-11-20)23(18-6-4-3-5-7-18)26-24(28)22-16-21(17-25-22)33(29,30)27-12-14-31-15-13-27/h3-11,16-17,23,25H,2,12-15H2,1H3,(H,26,28). The molecule has 0 saturated carbocycles. The van der Waals surface area contributed by atoms with Gasteiger partial charge in [-0.25, -0.2) is 8.42 Å². The highest BCUT2D eigenvalue weighted by Crippen LogP contribution is 2.25. The predicted octanol–water partition coefficient (Wildman–Crippen LogP) is 2.95. The fourth-order valence-electron chi connectivity index (χ4n) is 3.73. The average Bonchev–Trinajstić information content (AvgIpc) is 3.36. The largest absolute Gasteiger partial charge is 0.494 e. The van der Waals surface area contributed by atoms with Gasteiger partial charge < -0.3 is 19.8 Å². The van der Waals surface area contributed by atoms with E-state index in [4.69, 9.17) is 9.47 Å². The Kier molecular flexibility index (Phi) is 7.12. The maximum atomic E-state index is 13.1. The number of hydrogen-bond acceptors (Lipinski definition) is 5. The van der Waals surface area contributed by atoms with Gasteiger partial charge in [-0.2, -0.15) is 4.31 Å². The number of ether oxygens (including phenoxy) is 2. The summed E-state index contributed by atoms with van der Waals surface area (Å²) in [7, 11) is -3.69. The molecule has 0 bridgehead atoms. The molecule has 8 nitrogen and oxygen atoms in total. The van der Waals surface area contributed by atoms with Gasteiger partial charge in [0.1, 0.15) is 16.3 Å². The van der Waals surface area contributed by atoms with Crippen molar-refractivity contribution in [3.63, 3.8) is 0 Å². The van der Waals surface area contributed by atoms with Gasteiger partial charge in [0.2, 0.25) is 10.0 Å². The Morgan fingerprint density at radius 1 is 1.09 bits per heavy atom. The van der Waals surface area contributed by atoms with Gasteiger partial charge in [-0.15, -0.1) is 0 Å². The van der Waals surface area contributed by atoms with Crippen LogP contribution in [0.1, 0.15) is 34.6 Å². The molecule has 4 rings (SSSR count). The van der Waals surface area contributed by atoms with Crippen molar-refractivity contribution >= 4 is 15.9 Å². The number of aromatic amines is 1. The van der Waals surface area contributed by atoms with Crippen molar-refractivity contribution in [2.45, 2.75) is 17.9 Å². The summed E-state index contributed by atoms with van der Waals surface area (Å²) in [6, 6.07) is 18.1. The summed E-state index contributed by atoms with van der Waals surface area (Å²) in [4.78, 5) is 16.0. The molecule has 1 fully saturated rings. The van der Waals surface area contributed by atoms with Crippen LogP contribution >= 0.6 is 0 Å². The number of sulfonamides is 1. The van der Waals surface area contributed by atoms with Gasteiger partial charge in [-0.3, -0.25) is 4.79 Å². The molecule has 0 spiro atoms. The lowest BCUT2D eigenvalue weighted by molar-refractivity contribution is 0.0730. The fraction of sp³-hybridized carbons (Fsp3) is 0.292. The molecule has 2 aromatic carbocycles. The second-order valence-corrected chi connectivity index (χ2v) is 9.52. The van der Waals surface area contributed by atoms with E-state index in [2.05, 4.69) is 10.3 Å². The number of aromatic nitrogens is 1. The predicted molar refractivity (Wildman–Crippen MR) is 124 cm³/mol. The first-order chi connectivity index (χ1) is 16.0. The number of carbonyl (C=O) groups excluding carboxylic acids is 1. The summed E-state index contributed by atoms with van der Waals surface area (Å²) in [5.74, 6) is 0.350. The van der Waals surface area contributed by atoms with Gasteiger partial charge in [0.15, 0.2) is 0 Å². The van der Waals surface area contributed by atoms with E-state index >= 15 is 0 Å². The zero-order valence-corrected chi connectivity index (χ0v) is 19.2. The van der Waals surface area contributed by atoms with Crippen LogP contribution in [-0.2, 0) is 14.8 Å². The van der Waals surface area contributed by atoms with Crippen molar-refractivity contribution in [1.29, 1.82) is 0 Å². The molecule has 1 amide bonds. The van der Waals surface area contributed by atoms with E-state index in [0.717, 1.165) is 16.9 Å². The quantitative estimate of drug-likeness (QED) is 0.528.